The highest BCUT2D eigenvalue weighted by molar-refractivity contribution is 5.50. The van der Waals surface area contributed by atoms with E-state index in [2.05, 4.69) is 50.2 Å². The molecule has 0 spiro atoms. The number of benzene rings is 3. The molecule has 0 fully saturated rings. The van der Waals surface area contributed by atoms with Crippen LogP contribution in [-0.4, -0.2) is 21.3 Å². The van der Waals surface area contributed by atoms with Gasteiger partial charge in [0.25, 0.3) is 0 Å². The molecule has 27 heavy (non-hydrogen) atoms. The second-order valence-corrected chi connectivity index (χ2v) is 6.66. The number of ether oxygens (including phenoxy) is 3. The molecule has 140 valence electrons. The van der Waals surface area contributed by atoms with Gasteiger partial charge in [0, 0.05) is 5.92 Å². The van der Waals surface area contributed by atoms with E-state index in [-0.39, 0.29) is 5.92 Å². The Balaban J connectivity index is 2.13. The van der Waals surface area contributed by atoms with Crippen molar-refractivity contribution in [3.05, 3.63) is 88.5 Å². The first-order valence-electron chi connectivity index (χ1n) is 9.00. The number of hydrogen-bond acceptors (Lipinski definition) is 3. The fraction of sp³-hybridized carbons (Fsp3) is 0.250. The van der Waals surface area contributed by atoms with E-state index in [1.165, 1.54) is 16.7 Å². The van der Waals surface area contributed by atoms with E-state index >= 15 is 0 Å². The van der Waals surface area contributed by atoms with Crippen molar-refractivity contribution >= 4 is 0 Å². The standard InChI is InChI=1S/C24H26O3/c1-16-14-19(8-12-22(16)26-4)24(18-6-10-21(25-3)11-7-18)20-9-13-23(27-5)17(2)15-20/h6-15,24H,1-5H3. The normalized spacial score (nSPS) is 10.7. The van der Waals surface area contributed by atoms with Gasteiger partial charge in [0.05, 0.1) is 21.3 Å². The maximum Gasteiger partial charge on any atom is 0.121 e. The Morgan fingerprint density at radius 1 is 0.556 bits per heavy atom. The van der Waals surface area contributed by atoms with Crippen LogP contribution >= 0.6 is 0 Å². The highest BCUT2D eigenvalue weighted by Crippen LogP contribution is 2.36. The Morgan fingerprint density at radius 3 is 1.37 bits per heavy atom. The molecule has 0 amide bonds. The van der Waals surface area contributed by atoms with Crippen molar-refractivity contribution < 1.29 is 14.2 Å². The second kappa shape index (κ2) is 8.17. The third-order valence-corrected chi connectivity index (χ3v) is 4.95. The number of methoxy groups -OCH3 is 3. The Hall–Kier alpha value is -2.94. The fourth-order valence-electron chi connectivity index (χ4n) is 3.54. The van der Waals surface area contributed by atoms with Crippen LogP contribution in [0, 0.1) is 13.8 Å². The van der Waals surface area contributed by atoms with Crippen molar-refractivity contribution in [2.45, 2.75) is 19.8 Å². The van der Waals surface area contributed by atoms with E-state index in [4.69, 9.17) is 14.2 Å². The van der Waals surface area contributed by atoms with Crippen LogP contribution in [0.5, 0.6) is 17.2 Å². The molecule has 0 heterocycles. The van der Waals surface area contributed by atoms with Crippen molar-refractivity contribution in [1.29, 1.82) is 0 Å². The molecule has 3 aromatic carbocycles. The molecule has 0 atom stereocenters. The molecule has 0 N–H and O–H groups in total. The largest absolute Gasteiger partial charge is 0.497 e. The zero-order valence-electron chi connectivity index (χ0n) is 16.6. The SMILES string of the molecule is COc1ccc(C(c2ccc(OC)c(C)c2)c2ccc(OC)c(C)c2)cc1. The van der Waals surface area contributed by atoms with E-state index in [1.54, 1.807) is 21.3 Å². The molecule has 0 unspecified atom stereocenters. The maximum atomic E-state index is 5.44. The first-order valence-corrected chi connectivity index (χ1v) is 9.00. The van der Waals surface area contributed by atoms with Crippen LogP contribution in [0.25, 0.3) is 0 Å². The van der Waals surface area contributed by atoms with Gasteiger partial charge in [-0.3, -0.25) is 0 Å². The molecule has 0 aliphatic heterocycles. The summed E-state index contributed by atoms with van der Waals surface area (Å²) in [7, 11) is 5.09. The summed E-state index contributed by atoms with van der Waals surface area (Å²) in [5, 5.41) is 0. The monoisotopic (exact) mass is 362 g/mol. The third-order valence-electron chi connectivity index (χ3n) is 4.95. The van der Waals surface area contributed by atoms with Crippen LogP contribution in [0.2, 0.25) is 0 Å². The summed E-state index contributed by atoms with van der Waals surface area (Å²) in [6.07, 6.45) is 0. The smallest absolute Gasteiger partial charge is 0.121 e. The molecule has 0 aliphatic rings. The van der Waals surface area contributed by atoms with Gasteiger partial charge in [-0.05, 0) is 65.9 Å². The van der Waals surface area contributed by atoms with Crippen molar-refractivity contribution in [1.82, 2.24) is 0 Å². The van der Waals surface area contributed by atoms with Crippen molar-refractivity contribution in [3.63, 3.8) is 0 Å². The third kappa shape index (κ3) is 3.92. The summed E-state index contributed by atoms with van der Waals surface area (Å²) in [4.78, 5) is 0. The average molecular weight is 362 g/mol. The zero-order valence-corrected chi connectivity index (χ0v) is 16.6. The van der Waals surface area contributed by atoms with Gasteiger partial charge in [-0.15, -0.1) is 0 Å². The lowest BCUT2D eigenvalue weighted by Crippen LogP contribution is -2.05. The van der Waals surface area contributed by atoms with Gasteiger partial charge in [-0.2, -0.15) is 0 Å². The molecule has 3 nitrogen and oxygen atoms in total. The van der Waals surface area contributed by atoms with Crippen LogP contribution in [0.15, 0.2) is 60.7 Å². The van der Waals surface area contributed by atoms with E-state index in [0.29, 0.717) is 0 Å². The van der Waals surface area contributed by atoms with Crippen LogP contribution in [0.4, 0.5) is 0 Å². The molecule has 3 heteroatoms. The van der Waals surface area contributed by atoms with Gasteiger partial charge >= 0.3 is 0 Å². The van der Waals surface area contributed by atoms with Gasteiger partial charge in [-0.1, -0.05) is 36.4 Å². The summed E-state index contributed by atoms with van der Waals surface area (Å²) >= 11 is 0. The van der Waals surface area contributed by atoms with E-state index in [9.17, 15) is 0 Å². The van der Waals surface area contributed by atoms with Crippen molar-refractivity contribution in [3.8, 4) is 17.2 Å². The molecule has 0 radical (unpaired) electrons. The number of hydrogen-bond donors (Lipinski definition) is 0. The van der Waals surface area contributed by atoms with Crippen LogP contribution < -0.4 is 14.2 Å². The minimum absolute atomic E-state index is 0.116. The summed E-state index contributed by atoms with van der Waals surface area (Å²) in [6, 6.07) is 21.0. The zero-order chi connectivity index (χ0) is 19.4. The molecule has 3 rings (SSSR count). The molecule has 0 saturated heterocycles. The molecular weight excluding hydrogens is 336 g/mol. The van der Waals surface area contributed by atoms with Gasteiger partial charge in [0.1, 0.15) is 17.2 Å². The topological polar surface area (TPSA) is 27.7 Å². The number of rotatable bonds is 6. The Bertz CT molecular complexity index is 860. The van der Waals surface area contributed by atoms with Crippen molar-refractivity contribution in [2.75, 3.05) is 21.3 Å². The van der Waals surface area contributed by atoms with E-state index in [1.807, 2.05) is 24.3 Å². The summed E-state index contributed by atoms with van der Waals surface area (Å²) in [5.41, 5.74) is 5.91. The van der Waals surface area contributed by atoms with Crippen LogP contribution in [-0.2, 0) is 0 Å². The quantitative estimate of drug-likeness (QED) is 0.541. The first-order chi connectivity index (χ1) is 13.1. The van der Waals surface area contributed by atoms with E-state index in [0.717, 1.165) is 28.4 Å². The predicted molar refractivity (Wildman–Crippen MR) is 109 cm³/mol. The second-order valence-electron chi connectivity index (χ2n) is 6.66. The molecular formula is C24H26O3. The summed E-state index contributed by atoms with van der Waals surface area (Å²) in [6.45, 7) is 4.15. The van der Waals surface area contributed by atoms with Crippen molar-refractivity contribution in [2.24, 2.45) is 0 Å². The fourth-order valence-corrected chi connectivity index (χ4v) is 3.54. The lowest BCUT2D eigenvalue weighted by atomic mass is 9.84. The van der Waals surface area contributed by atoms with Gasteiger partial charge < -0.3 is 14.2 Å². The predicted octanol–water partition coefficient (Wildman–Crippen LogP) is 5.51. The lowest BCUT2D eigenvalue weighted by molar-refractivity contribution is 0.411. The Morgan fingerprint density at radius 2 is 1.00 bits per heavy atom. The minimum Gasteiger partial charge on any atom is -0.497 e. The Labute approximate surface area is 161 Å². The minimum atomic E-state index is 0.116. The highest BCUT2D eigenvalue weighted by atomic mass is 16.5. The molecule has 3 aromatic rings. The van der Waals surface area contributed by atoms with E-state index < -0.39 is 0 Å². The first kappa shape index (κ1) is 18.8. The molecule has 0 saturated carbocycles. The molecule has 0 bridgehead atoms. The highest BCUT2D eigenvalue weighted by Gasteiger charge is 2.19. The Kier molecular flexibility index (Phi) is 5.70. The van der Waals surface area contributed by atoms with Crippen LogP contribution in [0.1, 0.15) is 33.7 Å². The number of aryl methyl sites for hydroxylation is 2. The summed E-state index contributed by atoms with van der Waals surface area (Å²) < 4.78 is 16.2. The van der Waals surface area contributed by atoms with Gasteiger partial charge in [-0.25, -0.2) is 0 Å². The van der Waals surface area contributed by atoms with Gasteiger partial charge in [0.15, 0.2) is 0 Å². The molecule has 0 aromatic heterocycles. The average Bonchev–Trinajstić information content (AvgIpc) is 2.69. The summed E-state index contributed by atoms with van der Waals surface area (Å²) in [5.74, 6) is 2.77. The maximum absolute atomic E-state index is 5.44. The van der Waals surface area contributed by atoms with Gasteiger partial charge in [0.2, 0.25) is 0 Å². The van der Waals surface area contributed by atoms with Crippen LogP contribution in [0.3, 0.4) is 0 Å². The molecule has 0 aliphatic carbocycles. The lowest BCUT2D eigenvalue weighted by Gasteiger charge is -2.21.